The Hall–Kier alpha value is -3.61. The van der Waals surface area contributed by atoms with Gasteiger partial charge in [-0.1, -0.05) is 30.3 Å². The Bertz CT molecular complexity index is 1150. The first kappa shape index (κ1) is 19.7. The molecule has 0 saturated carbocycles. The van der Waals surface area contributed by atoms with Crippen LogP contribution in [0.4, 0.5) is 0 Å². The van der Waals surface area contributed by atoms with Crippen LogP contribution in [0.3, 0.4) is 0 Å². The Morgan fingerprint density at radius 3 is 2.73 bits per heavy atom. The van der Waals surface area contributed by atoms with Gasteiger partial charge in [-0.15, -0.1) is 0 Å². The third-order valence-corrected chi connectivity index (χ3v) is 5.42. The van der Waals surface area contributed by atoms with Gasteiger partial charge in [0.2, 0.25) is 5.91 Å². The van der Waals surface area contributed by atoms with Crippen LogP contribution >= 0.6 is 0 Å². The van der Waals surface area contributed by atoms with Gasteiger partial charge >= 0.3 is 11.6 Å². The van der Waals surface area contributed by atoms with Crippen LogP contribution in [0.1, 0.15) is 30.5 Å². The van der Waals surface area contributed by atoms with Crippen molar-refractivity contribution in [1.29, 1.82) is 0 Å². The summed E-state index contributed by atoms with van der Waals surface area (Å²) in [6.45, 7) is 2.11. The lowest BCUT2D eigenvalue weighted by molar-refractivity contribution is -0.149. The Morgan fingerprint density at radius 2 is 1.97 bits per heavy atom. The number of esters is 1. The fourth-order valence-electron chi connectivity index (χ4n) is 3.78. The summed E-state index contributed by atoms with van der Waals surface area (Å²) in [6.07, 6.45) is 0.0988. The molecule has 1 saturated heterocycles. The molecule has 1 aromatic heterocycles. The van der Waals surface area contributed by atoms with Crippen molar-refractivity contribution in [3.8, 4) is 5.75 Å². The smallest absolute Gasteiger partial charge is 0.336 e. The molecule has 7 heteroatoms. The van der Waals surface area contributed by atoms with E-state index in [4.69, 9.17) is 9.15 Å². The zero-order valence-electron chi connectivity index (χ0n) is 16.4. The number of hydrogen-bond acceptors (Lipinski definition) is 6. The summed E-state index contributed by atoms with van der Waals surface area (Å²) in [6, 6.07) is 15.2. The van der Waals surface area contributed by atoms with Gasteiger partial charge in [0.15, 0.2) is 0 Å². The number of rotatable bonds is 5. The minimum absolute atomic E-state index is 0.0307. The van der Waals surface area contributed by atoms with Crippen LogP contribution < -0.4 is 5.63 Å². The summed E-state index contributed by atoms with van der Waals surface area (Å²) >= 11 is 0. The molecule has 0 radical (unpaired) electrons. The summed E-state index contributed by atoms with van der Waals surface area (Å²) in [5.74, 6) is -1.16. The molecule has 0 unspecified atom stereocenters. The Balaban J connectivity index is 1.45. The molecule has 2 atom stereocenters. The fraction of sp³-hybridized carbons (Fsp3) is 0.261. The van der Waals surface area contributed by atoms with E-state index >= 15 is 0 Å². The van der Waals surface area contributed by atoms with Gasteiger partial charge in [0.1, 0.15) is 17.9 Å². The lowest BCUT2D eigenvalue weighted by Gasteiger charge is -2.25. The van der Waals surface area contributed by atoms with Crippen molar-refractivity contribution in [2.24, 2.45) is 5.92 Å². The summed E-state index contributed by atoms with van der Waals surface area (Å²) in [4.78, 5) is 38.5. The van der Waals surface area contributed by atoms with Gasteiger partial charge in [0.05, 0.1) is 12.0 Å². The number of aromatic hydroxyl groups is 1. The number of carbonyl (C=O) groups excluding carboxylic acids is 2. The molecule has 1 aliphatic rings. The maximum atomic E-state index is 12.6. The highest BCUT2D eigenvalue weighted by Gasteiger charge is 2.38. The van der Waals surface area contributed by atoms with E-state index in [9.17, 15) is 19.5 Å². The van der Waals surface area contributed by atoms with Gasteiger partial charge in [-0.25, -0.2) is 4.79 Å². The van der Waals surface area contributed by atoms with Gasteiger partial charge in [-0.2, -0.15) is 0 Å². The molecular weight excluding hydrogens is 386 g/mol. The van der Waals surface area contributed by atoms with Crippen LogP contribution in [0, 0.1) is 5.92 Å². The first-order valence-electron chi connectivity index (χ1n) is 9.69. The summed E-state index contributed by atoms with van der Waals surface area (Å²) in [5.41, 5.74) is 1.10. The molecule has 7 nitrogen and oxygen atoms in total. The monoisotopic (exact) mass is 407 g/mol. The van der Waals surface area contributed by atoms with E-state index in [2.05, 4.69) is 0 Å². The van der Waals surface area contributed by atoms with E-state index in [0.717, 1.165) is 5.56 Å². The molecule has 2 heterocycles. The Labute approximate surface area is 172 Å². The number of ether oxygens (including phenoxy) is 1. The molecule has 1 fully saturated rings. The number of phenols is 1. The molecule has 1 aliphatic heterocycles. The molecule has 1 N–H and O–H groups in total. The Morgan fingerprint density at radius 1 is 1.20 bits per heavy atom. The van der Waals surface area contributed by atoms with Crippen LogP contribution in [0.25, 0.3) is 11.0 Å². The SMILES string of the molecule is C[C@H](c1ccccc1)N1C[C@@H](C(=O)OCc2cc(=O)oc3cc(O)ccc23)CC1=O. The number of benzene rings is 2. The first-order chi connectivity index (χ1) is 14.4. The third-order valence-electron chi connectivity index (χ3n) is 5.42. The van der Waals surface area contributed by atoms with Gasteiger partial charge in [-0.3, -0.25) is 9.59 Å². The van der Waals surface area contributed by atoms with Crippen LogP contribution in [0.2, 0.25) is 0 Å². The van der Waals surface area contributed by atoms with E-state index in [-0.39, 0.29) is 36.3 Å². The zero-order valence-corrected chi connectivity index (χ0v) is 16.4. The van der Waals surface area contributed by atoms with Crippen LogP contribution in [-0.2, 0) is 20.9 Å². The summed E-state index contributed by atoms with van der Waals surface area (Å²) in [7, 11) is 0. The molecule has 30 heavy (non-hydrogen) atoms. The van der Waals surface area contributed by atoms with Gasteiger partial charge in [0.25, 0.3) is 0 Å². The molecule has 1 amide bonds. The van der Waals surface area contributed by atoms with Crippen molar-refractivity contribution in [3.05, 3.63) is 76.1 Å². The minimum atomic E-state index is -0.599. The normalized spacial score (nSPS) is 17.3. The fourth-order valence-corrected chi connectivity index (χ4v) is 3.78. The number of hydrogen-bond donors (Lipinski definition) is 1. The standard InChI is InChI=1S/C23H21NO6/c1-14(15-5-3-2-4-6-15)24-12-16(9-21(24)26)23(28)29-13-17-10-22(27)30-20-11-18(25)7-8-19(17)20/h2-8,10-11,14,16,25H,9,12-13H2,1H3/t14-,16+/m1/s1. The highest BCUT2D eigenvalue weighted by Crippen LogP contribution is 2.29. The first-order valence-corrected chi connectivity index (χ1v) is 9.69. The van der Waals surface area contributed by atoms with Crippen LogP contribution in [-0.4, -0.2) is 28.4 Å². The highest BCUT2D eigenvalue weighted by molar-refractivity contribution is 5.87. The third kappa shape index (κ3) is 3.91. The number of phenolic OH excluding ortho intramolecular Hbond substituents is 1. The highest BCUT2D eigenvalue weighted by atomic mass is 16.5. The van der Waals surface area contributed by atoms with Crippen molar-refractivity contribution < 1.29 is 23.8 Å². The van der Waals surface area contributed by atoms with Crippen LogP contribution in [0.5, 0.6) is 5.75 Å². The van der Waals surface area contributed by atoms with Crippen molar-refractivity contribution >= 4 is 22.8 Å². The largest absolute Gasteiger partial charge is 0.508 e. The van der Waals surface area contributed by atoms with E-state index in [1.807, 2.05) is 37.3 Å². The zero-order chi connectivity index (χ0) is 21.3. The molecule has 154 valence electrons. The number of carbonyl (C=O) groups is 2. The topological polar surface area (TPSA) is 97.1 Å². The van der Waals surface area contributed by atoms with Crippen LogP contribution in [0.15, 0.2) is 63.8 Å². The Kier molecular flexibility index (Phi) is 5.27. The molecular formula is C23H21NO6. The molecule has 2 aromatic carbocycles. The average molecular weight is 407 g/mol. The second-order valence-electron chi connectivity index (χ2n) is 7.41. The molecule has 0 spiro atoms. The van der Waals surface area contributed by atoms with Crippen molar-refractivity contribution in [2.75, 3.05) is 6.54 Å². The number of likely N-dealkylation sites (tertiary alicyclic amines) is 1. The van der Waals surface area contributed by atoms with Gasteiger partial charge < -0.3 is 19.2 Å². The van der Waals surface area contributed by atoms with E-state index < -0.39 is 17.5 Å². The van der Waals surface area contributed by atoms with Crippen molar-refractivity contribution in [3.63, 3.8) is 0 Å². The van der Waals surface area contributed by atoms with E-state index in [0.29, 0.717) is 17.5 Å². The van der Waals surface area contributed by atoms with Crippen molar-refractivity contribution in [1.82, 2.24) is 4.90 Å². The van der Waals surface area contributed by atoms with Crippen molar-refractivity contribution in [2.45, 2.75) is 26.0 Å². The maximum absolute atomic E-state index is 12.6. The second kappa shape index (κ2) is 8.02. The summed E-state index contributed by atoms with van der Waals surface area (Å²) in [5, 5.41) is 10.1. The quantitative estimate of drug-likeness (QED) is 0.516. The molecule has 0 bridgehead atoms. The number of fused-ring (bicyclic) bond motifs is 1. The van der Waals surface area contributed by atoms with E-state index in [1.54, 1.807) is 11.0 Å². The lowest BCUT2D eigenvalue weighted by Crippen LogP contribution is -2.29. The average Bonchev–Trinajstić information content (AvgIpc) is 3.13. The number of nitrogens with zero attached hydrogens (tertiary/aromatic N) is 1. The molecule has 4 rings (SSSR count). The minimum Gasteiger partial charge on any atom is -0.508 e. The molecule has 0 aliphatic carbocycles. The molecule has 3 aromatic rings. The predicted octanol–water partition coefficient (Wildman–Crippen LogP) is 3.15. The lowest BCUT2D eigenvalue weighted by atomic mass is 10.1. The van der Waals surface area contributed by atoms with E-state index in [1.165, 1.54) is 18.2 Å². The van der Waals surface area contributed by atoms with Gasteiger partial charge in [-0.05, 0) is 24.6 Å². The second-order valence-corrected chi connectivity index (χ2v) is 7.41. The predicted molar refractivity (Wildman–Crippen MR) is 109 cm³/mol. The van der Waals surface area contributed by atoms with Gasteiger partial charge in [0, 0.05) is 36.0 Å². The maximum Gasteiger partial charge on any atom is 0.336 e. The number of amides is 1. The summed E-state index contributed by atoms with van der Waals surface area (Å²) < 4.78 is 10.5.